The molecule has 0 spiro atoms. The van der Waals surface area contributed by atoms with Gasteiger partial charge < -0.3 is 24.5 Å². The summed E-state index contributed by atoms with van der Waals surface area (Å²) in [6, 6.07) is 18.1. The molecule has 0 radical (unpaired) electrons. The van der Waals surface area contributed by atoms with Crippen molar-refractivity contribution in [2.24, 2.45) is 0 Å². The summed E-state index contributed by atoms with van der Waals surface area (Å²) in [5.74, 6) is -0.708. The highest BCUT2D eigenvalue weighted by atomic mass is 16.5. The summed E-state index contributed by atoms with van der Waals surface area (Å²) in [7, 11) is 0. The van der Waals surface area contributed by atoms with Gasteiger partial charge in [0.2, 0.25) is 11.8 Å². The van der Waals surface area contributed by atoms with Crippen LogP contribution in [0, 0.1) is 0 Å². The number of carbonyl (C=O) groups is 3. The Labute approximate surface area is 215 Å². The molecule has 9 nitrogen and oxygen atoms in total. The number of hydrogen-bond acceptors (Lipinski definition) is 6. The van der Waals surface area contributed by atoms with Crippen LogP contribution in [0.2, 0.25) is 0 Å². The molecule has 194 valence electrons. The molecule has 3 aromatic rings. The van der Waals surface area contributed by atoms with Crippen LogP contribution in [-0.2, 0) is 14.3 Å². The molecular formula is C28H31N3O6. The Morgan fingerprint density at radius 3 is 2.59 bits per heavy atom. The summed E-state index contributed by atoms with van der Waals surface area (Å²) in [5, 5.41) is 5.55. The molecule has 3 amide bonds. The zero-order valence-electron chi connectivity index (χ0n) is 20.7. The first-order valence-electron chi connectivity index (χ1n) is 12.4. The van der Waals surface area contributed by atoms with Gasteiger partial charge in [0.05, 0.1) is 25.5 Å². The van der Waals surface area contributed by atoms with Crippen LogP contribution >= 0.6 is 0 Å². The molecule has 1 fully saturated rings. The predicted molar refractivity (Wildman–Crippen MR) is 137 cm³/mol. The fourth-order valence-electron chi connectivity index (χ4n) is 4.23. The molecule has 9 heteroatoms. The Hall–Kier alpha value is -4.11. The minimum Gasteiger partial charge on any atom is -0.494 e. The van der Waals surface area contributed by atoms with E-state index in [1.54, 1.807) is 42.5 Å². The van der Waals surface area contributed by atoms with Gasteiger partial charge in [-0.05, 0) is 49.6 Å². The summed E-state index contributed by atoms with van der Waals surface area (Å²) in [5.41, 5.74) is 1.09. The third kappa shape index (κ3) is 6.77. The zero-order valence-corrected chi connectivity index (χ0v) is 20.7. The standard InChI is InChI=1S/C28H31N3O6/c1-2-35-22-12-6-11-21(17-22)31(25(32)19-30-27(33)24-14-8-16-37-24)26(20-9-4-3-5-10-20)28(34)29-18-23-13-7-15-36-23/h3-6,8-12,14,16-17,23,26H,2,7,13,15,18-19H2,1H3,(H,29,34)(H,30,33)/t23-,26-/m0/s1. The lowest BCUT2D eigenvalue weighted by Gasteiger charge is -2.32. The van der Waals surface area contributed by atoms with Gasteiger partial charge in [-0.25, -0.2) is 0 Å². The van der Waals surface area contributed by atoms with Gasteiger partial charge in [-0.2, -0.15) is 0 Å². The minimum atomic E-state index is -0.993. The molecule has 0 aliphatic carbocycles. The summed E-state index contributed by atoms with van der Waals surface area (Å²) in [6.45, 7) is 2.98. The van der Waals surface area contributed by atoms with E-state index in [1.165, 1.54) is 17.2 Å². The van der Waals surface area contributed by atoms with Crippen molar-refractivity contribution >= 4 is 23.4 Å². The van der Waals surface area contributed by atoms with E-state index in [9.17, 15) is 14.4 Å². The number of rotatable bonds is 11. The average Bonchev–Trinajstić information content (AvgIpc) is 3.64. The Bertz CT molecular complexity index is 1180. The van der Waals surface area contributed by atoms with Gasteiger partial charge in [0.25, 0.3) is 5.91 Å². The number of amides is 3. The largest absolute Gasteiger partial charge is 0.494 e. The first kappa shape index (κ1) is 26.0. The second-order valence-corrected chi connectivity index (χ2v) is 8.55. The van der Waals surface area contributed by atoms with Gasteiger partial charge in [-0.1, -0.05) is 36.4 Å². The second-order valence-electron chi connectivity index (χ2n) is 8.55. The first-order valence-corrected chi connectivity index (χ1v) is 12.4. The molecule has 0 bridgehead atoms. The SMILES string of the molecule is CCOc1cccc(N(C(=O)CNC(=O)c2ccco2)[C@H](C(=O)NC[C@@H]2CCCO2)c2ccccc2)c1. The minimum absolute atomic E-state index is 0.0570. The number of nitrogens with one attached hydrogen (secondary N) is 2. The van der Waals surface area contributed by atoms with Crippen LogP contribution in [0.4, 0.5) is 5.69 Å². The van der Waals surface area contributed by atoms with Crippen molar-refractivity contribution in [3.63, 3.8) is 0 Å². The molecule has 2 aromatic carbocycles. The Kier molecular flexibility index (Phi) is 8.93. The highest BCUT2D eigenvalue weighted by Gasteiger charge is 2.33. The van der Waals surface area contributed by atoms with E-state index in [0.717, 1.165) is 12.8 Å². The smallest absolute Gasteiger partial charge is 0.287 e. The van der Waals surface area contributed by atoms with Gasteiger partial charge in [0.1, 0.15) is 11.8 Å². The van der Waals surface area contributed by atoms with Gasteiger partial charge in [-0.15, -0.1) is 0 Å². The van der Waals surface area contributed by atoms with Crippen molar-refractivity contribution in [1.82, 2.24) is 10.6 Å². The summed E-state index contributed by atoms with van der Waals surface area (Å²) in [4.78, 5) is 41.2. The number of nitrogens with zero attached hydrogens (tertiary/aromatic N) is 1. The predicted octanol–water partition coefficient (Wildman–Crippen LogP) is 3.48. The van der Waals surface area contributed by atoms with Crippen LogP contribution in [0.25, 0.3) is 0 Å². The summed E-state index contributed by atoms with van der Waals surface area (Å²) >= 11 is 0. The van der Waals surface area contributed by atoms with E-state index in [1.807, 2.05) is 25.1 Å². The van der Waals surface area contributed by atoms with Crippen LogP contribution in [0.15, 0.2) is 77.4 Å². The number of hydrogen-bond donors (Lipinski definition) is 2. The third-order valence-electron chi connectivity index (χ3n) is 5.97. The molecule has 1 aromatic heterocycles. The molecule has 0 unspecified atom stereocenters. The number of ether oxygens (including phenoxy) is 2. The van der Waals surface area contributed by atoms with Crippen LogP contribution in [0.1, 0.15) is 41.9 Å². The molecule has 2 heterocycles. The van der Waals surface area contributed by atoms with Crippen LogP contribution in [0.5, 0.6) is 5.75 Å². The third-order valence-corrected chi connectivity index (χ3v) is 5.97. The second kappa shape index (κ2) is 12.7. The lowest BCUT2D eigenvalue weighted by atomic mass is 10.0. The van der Waals surface area contributed by atoms with Gasteiger partial charge in [-0.3, -0.25) is 19.3 Å². The maximum atomic E-state index is 13.7. The molecule has 1 aliphatic heterocycles. The van der Waals surface area contributed by atoms with Crippen molar-refractivity contribution in [2.45, 2.75) is 31.9 Å². The van der Waals surface area contributed by atoms with E-state index in [0.29, 0.717) is 36.8 Å². The van der Waals surface area contributed by atoms with Gasteiger partial charge in [0, 0.05) is 24.9 Å². The zero-order chi connectivity index (χ0) is 26.0. The Balaban J connectivity index is 1.65. The Morgan fingerprint density at radius 1 is 1.05 bits per heavy atom. The highest BCUT2D eigenvalue weighted by molar-refractivity contribution is 6.04. The monoisotopic (exact) mass is 505 g/mol. The molecule has 0 saturated carbocycles. The summed E-state index contributed by atoms with van der Waals surface area (Å²) in [6.07, 6.45) is 3.14. The quantitative estimate of drug-likeness (QED) is 0.413. The number of furan rings is 1. The van der Waals surface area contributed by atoms with E-state index >= 15 is 0 Å². The number of anilines is 1. The molecule has 1 aliphatic rings. The average molecular weight is 506 g/mol. The van der Waals surface area contributed by atoms with Crippen LogP contribution in [0.3, 0.4) is 0 Å². The van der Waals surface area contributed by atoms with Gasteiger partial charge >= 0.3 is 0 Å². The van der Waals surface area contributed by atoms with E-state index < -0.39 is 17.9 Å². The Morgan fingerprint density at radius 2 is 1.89 bits per heavy atom. The number of carbonyl (C=O) groups excluding carboxylic acids is 3. The van der Waals surface area contributed by atoms with Crippen molar-refractivity contribution < 1.29 is 28.3 Å². The highest BCUT2D eigenvalue weighted by Crippen LogP contribution is 2.30. The fraction of sp³-hybridized carbons (Fsp3) is 0.321. The first-order chi connectivity index (χ1) is 18.1. The topological polar surface area (TPSA) is 110 Å². The number of benzene rings is 2. The maximum Gasteiger partial charge on any atom is 0.287 e. The van der Waals surface area contributed by atoms with Crippen molar-refractivity contribution in [1.29, 1.82) is 0 Å². The summed E-state index contributed by atoms with van der Waals surface area (Å²) < 4.78 is 16.4. The normalized spacial score (nSPS) is 15.5. The lowest BCUT2D eigenvalue weighted by molar-refractivity contribution is -0.126. The lowest BCUT2D eigenvalue weighted by Crippen LogP contribution is -2.48. The molecule has 4 rings (SSSR count). The maximum absolute atomic E-state index is 13.7. The van der Waals surface area contributed by atoms with E-state index in [2.05, 4.69) is 10.6 Å². The molecule has 37 heavy (non-hydrogen) atoms. The molecular weight excluding hydrogens is 474 g/mol. The van der Waals surface area contributed by atoms with Crippen molar-refractivity contribution in [3.8, 4) is 5.75 Å². The van der Waals surface area contributed by atoms with Crippen molar-refractivity contribution in [2.75, 3.05) is 31.2 Å². The van der Waals surface area contributed by atoms with Crippen LogP contribution in [-0.4, -0.2) is 50.1 Å². The van der Waals surface area contributed by atoms with E-state index in [-0.39, 0.29) is 24.3 Å². The van der Waals surface area contributed by atoms with Crippen LogP contribution < -0.4 is 20.3 Å². The van der Waals surface area contributed by atoms with Crippen molar-refractivity contribution in [3.05, 3.63) is 84.3 Å². The molecule has 1 saturated heterocycles. The van der Waals surface area contributed by atoms with E-state index in [4.69, 9.17) is 13.9 Å². The fourth-order valence-corrected chi connectivity index (χ4v) is 4.23. The molecule has 2 N–H and O–H groups in total. The van der Waals surface area contributed by atoms with Gasteiger partial charge in [0.15, 0.2) is 5.76 Å². The molecule has 2 atom stereocenters.